The highest BCUT2D eigenvalue weighted by Gasteiger charge is 2.32. The number of hydrogen-bond acceptors (Lipinski definition) is 2. The summed E-state index contributed by atoms with van der Waals surface area (Å²) in [6, 6.07) is 17.2. The lowest BCUT2D eigenvalue weighted by atomic mass is 9.86. The standard InChI is InChI=1S/C26H29N4/c1-18-11-7-8-14-21(18)26-29(3)22-15-9-10-16-23(22)30(26)25-24(27-17-19(2)28-25)20-12-5-4-6-13-20/h7-11,14-17,20H,4-6,12-13H2,1-3H3/q+1. The minimum Gasteiger partial charge on any atom is -0.253 e. The van der Waals surface area contributed by atoms with E-state index in [1.807, 2.05) is 13.1 Å². The van der Waals surface area contributed by atoms with Crippen molar-refractivity contribution in [3.63, 3.8) is 0 Å². The maximum Gasteiger partial charge on any atom is 0.296 e. The molecule has 0 spiro atoms. The maximum absolute atomic E-state index is 5.08. The summed E-state index contributed by atoms with van der Waals surface area (Å²) < 4.78 is 4.65. The van der Waals surface area contributed by atoms with Gasteiger partial charge < -0.3 is 0 Å². The molecule has 0 atom stereocenters. The van der Waals surface area contributed by atoms with Crippen LogP contribution in [-0.2, 0) is 7.05 Å². The number of aryl methyl sites for hydroxylation is 3. The zero-order chi connectivity index (χ0) is 20.7. The summed E-state index contributed by atoms with van der Waals surface area (Å²) in [6.45, 7) is 4.22. The third-order valence-corrected chi connectivity index (χ3v) is 6.50. The number of para-hydroxylation sites is 2. The third kappa shape index (κ3) is 3.11. The number of fused-ring (bicyclic) bond motifs is 1. The fourth-order valence-corrected chi connectivity index (χ4v) is 4.96. The highest BCUT2D eigenvalue weighted by molar-refractivity contribution is 5.79. The molecule has 0 bridgehead atoms. The second kappa shape index (κ2) is 7.67. The first kappa shape index (κ1) is 19.0. The first-order valence-corrected chi connectivity index (χ1v) is 11.0. The Labute approximate surface area is 178 Å². The van der Waals surface area contributed by atoms with E-state index in [9.17, 15) is 0 Å². The van der Waals surface area contributed by atoms with Crippen molar-refractivity contribution in [2.24, 2.45) is 7.05 Å². The Kier molecular flexibility index (Phi) is 4.86. The van der Waals surface area contributed by atoms with Crippen molar-refractivity contribution in [2.75, 3.05) is 0 Å². The van der Waals surface area contributed by atoms with Gasteiger partial charge in [-0.3, -0.25) is 4.98 Å². The van der Waals surface area contributed by atoms with Crippen LogP contribution in [-0.4, -0.2) is 14.5 Å². The quantitative estimate of drug-likeness (QED) is 0.423. The SMILES string of the molecule is Cc1cnc(C2CCCCC2)c(-n2c(-c3ccccc3C)[n+](C)c3ccccc32)n1. The summed E-state index contributed by atoms with van der Waals surface area (Å²) in [4.78, 5) is 10.0. The Hall–Kier alpha value is -3.01. The molecule has 1 aliphatic carbocycles. The van der Waals surface area contributed by atoms with E-state index < -0.39 is 0 Å². The Morgan fingerprint density at radius 2 is 1.67 bits per heavy atom. The van der Waals surface area contributed by atoms with Gasteiger partial charge in [0.25, 0.3) is 5.82 Å². The van der Waals surface area contributed by atoms with Crippen LogP contribution >= 0.6 is 0 Å². The van der Waals surface area contributed by atoms with Crippen LogP contribution in [0.1, 0.15) is 55.0 Å². The van der Waals surface area contributed by atoms with Gasteiger partial charge >= 0.3 is 0 Å². The van der Waals surface area contributed by atoms with Crippen LogP contribution in [0.3, 0.4) is 0 Å². The average molecular weight is 398 g/mol. The molecule has 2 aromatic heterocycles. The van der Waals surface area contributed by atoms with Gasteiger partial charge in [0, 0.05) is 12.1 Å². The zero-order valence-electron chi connectivity index (χ0n) is 18.1. The number of aromatic nitrogens is 4. The lowest BCUT2D eigenvalue weighted by molar-refractivity contribution is -0.633. The van der Waals surface area contributed by atoms with E-state index in [1.54, 1.807) is 0 Å². The van der Waals surface area contributed by atoms with E-state index in [0.717, 1.165) is 23.0 Å². The first-order chi connectivity index (χ1) is 14.6. The Bertz CT molecular complexity index is 1220. The smallest absolute Gasteiger partial charge is 0.253 e. The van der Waals surface area contributed by atoms with Crippen molar-refractivity contribution in [3.05, 3.63) is 71.7 Å². The number of imidazole rings is 1. The van der Waals surface area contributed by atoms with Crippen LogP contribution < -0.4 is 4.57 Å². The first-order valence-electron chi connectivity index (χ1n) is 11.0. The van der Waals surface area contributed by atoms with Gasteiger partial charge in [0.2, 0.25) is 5.82 Å². The van der Waals surface area contributed by atoms with E-state index in [2.05, 4.69) is 71.6 Å². The van der Waals surface area contributed by atoms with Crippen molar-refractivity contribution in [1.29, 1.82) is 0 Å². The van der Waals surface area contributed by atoms with Gasteiger partial charge in [-0.1, -0.05) is 49.6 Å². The monoisotopic (exact) mass is 397 g/mol. The summed E-state index contributed by atoms with van der Waals surface area (Å²) in [5, 5.41) is 0. The molecule has 1 aliphatic rings. The van der Waals surface area contributed by atoms with E-state index in [-0.39, 0.29) is 0 Å². The molecule has 0 amide bonds. The molecule has 0 unspecified atom stereocenters. The molecule has 0 N–H and O–H groups in total. The third-order valence-electron chi connectivity index (χ3n) is 6.50. The number of hydrogen-bond donors (Lipinski definition) is 0. The second-order valence-corrected chi connectivity index (χ2v) is 8.58. The summed E-state index contributed by atoms with van der Waals surface area (Å²) >= 11 is 0. The summed E-state index contributed by atoms with van der Waals surface area (Å²) in [7, 11) is 2.16. The predicted octanol–water partition coefficient (Wildman–Crippen LogP) is 5.58. The summed E-state index contributed by atoms with van der Waals surface area (Å²) in [6.07, 6.45) is 8.24. The van der Waals surface area contributed by atoms with Gasteiger partial charge in [-0.05, 0) is 50.5 Å². The van der Waals surface area contributed by atoms with Gasteiger partial charge in [0.05, 0.1) is 18.3 Å². The van der Waals surface area contributed by atoms with Gasteiger partial charge in [0.15, 0.2) is 11.0 Å². The largest absolute Gasteiger partial charge is 0.296 e. The van der Waals surface area contributed by atoms with Crippen LogP contribution in [0, 0.1) is 13.8 Å². The van der Waals surface area contributed by atoms with Crippen molar-refractivity contribution >= 4 is 11.0 Å². The Balaban J connectivity index is 1.85. The molecule has 1 fully saturated rings. The molecule has 152 valence electrons. The molecule has 30 heavy (non-hydrogen) atoms. The average Bonchev–Trinajstić information content (AvgIpc) is 3.07. The fourth-order valence-electron chi connectivity index (χ4n) is 4.96. The van der Waals surface area contributed by atoms with Crippen LogP contribution in [0.15, 0.2) is 54.7 Å². The minimum absolute atomic E-state index is 0.484. The Morgan fingerprint density at radius 1 is 0.933 bits per heavy atom. The van der Waals surface area contributed by atoms with Crippen LogP contribution in [0.4, 0.5) is 0 Å². The molecule has 0 radical (unpaired) electrons. The molecule has 0 aliphatic heterocycles. The highest BCUT2D eigenvalue weighted by atomic mass is 15.2. The topological polar surface area (TPSA) is 34.6 Å². The fraction of sp³-hybridized carbons (Fsp3) is 0.346. The number of rotatable bonds is 3. The molecule has 0 saturated heterocycles. The molecule has 2 heterocycles. The molecular formula is C26H29N4+. The summed E-state index contributed by atoms with van der Waals surface area (Å²) in [5.41, 5.74) is 6.98. The van der Waals surface area contributed by atoms with Gasteiger partial charge in [-0.2, -0.15) is 4.57 Å². The van der Waals surface area contributed by atoms with Crippen LogP contribution in [0.5, 0.6) is 0 Å². The number of nitrogens with zero attached hydrogens (tertiary/aromatic N) is 4. The minimum atomic E-state index is 0.484. The highest BCUT2D eigenvalue weighted by Crippen LogP contribution is 2.36. The van der Waals surface area contributed by atoms with Crippen molar-refractivity contribution < 1.29 is 4.57 Å². The van der Waals surface area contributed by atoms with E-state index in [4.69, 9.17) is 9.97 Å². The van der Waals surface area contributed by atoms with E-state index in [0.29, 0.717) is 5.92 Å². The van der Waals surface area contributed by atoms with Crippen LogP contribution in [0.25, 0.3) is 28.2 Å². The van der Waals surface area contributed by atoms with Crippen molar-refractivity contribution in [3.8, 4) is 17.2 Å². The van der Waals surface area contributed by atoms with E-state index >= 15 is 0 Å². The van der Waals surface area contributed by atoms with Crippen molar-refractivity contribution in [1.82, 2.24) is 14.5 Å². The lowest BCUT2D eigenvalue weighted by Crippen LogP contribution is -2.30. The normalized spacial score (nSPS) is 15.0. The molecule has 4 aromatic rings. The number of benzene rings is 2. The molecule has 2 aromatic carbocycles. The van der Waals surface area contributed by atoms with Crippen molar-refractivity contribution in [2.45, 2.75) is 51.9 Å². The molecule has 5 rings (SSSR count). The maximum atomic E-state index is 5.08. The zero-order valence-corrected chi connectivity index (χ0v) is 18.1. The van der Waals surface area contributed by atoms with Gasteiger partial charge in [-0.25, -0.2) is 9.55 Å². The molecular weight excluding hydrogens is 368 g/mol. The Morgan fingerprint density at radius 3 is 2.47 bits per heavy atom. The van der Waals surface area contributed by atoms with E-state index in [1.165, 1.54) is 54.3 Å². The molecule has 1 saturated carbocycles. The van der Waals surface area contributed by atoms with Gasteiger partial charge in [0.1, 0.15) is 5.69 Å². The second-order valence-electron chi connectivity index (χ2n) is 8.58. The molecule has 4 nitrogen and oxygen atoms in total. The van der Waals surface area contributed by atoms with Gasteiger partial charge in [-0.15, -0.1) is 0 Å². The lowest BCUT2D eigenvalue weighted by Gasteiger charge is -2.22. The predicted molar refractivity (Wildman–Crippen MR) is 121 cm³/mol. The van der Waals surface area contributed by atoms with Crippen LogP contribution in [0.2, 0.25) is 0 Å². The summed E-state index contributed by atoms with van der Waals surface area (Å²) in [5.74, 6) is 2.64. The molecule has 4 heteroatoms.